The lowest BCUT2D eigenvalue weighted by molar-refractivity contribution is 0.100. The summed E-state index contributed by atoms with van der Waals surface area (Å²) in [5.41, 5.74) is 6.33. The molecule has 2 aromatic carbocycles. The number of nitrogens with two attached hydrogens (primary N) is 1. The molecule has 5 nitrogen and oxygen atoms in total. The number of hydrogen-bond acceptors (Lipinski definition) is 3. The minimum Gasteiger partial charge on any atom is -0.366 e. The zero-order valence-corrected chi connectivity index (χ0v) is 12.9. The van der Waals surface area contributed by atoms with Crippen molar-refractivity contribution in [3.63, 3.8) is 0 Å². The first-order valence-electron chi connectivity index (χ1n) is 6.38. The van der Waals surface area contributed by atoms with Crippen LogP contribution in [0.3, 0.4) is 0 Å². The molecule has 0 heterocycles. The minimum atomic E-state index is -4.04. The maximum Gasteiger partial charge on any atom is 0.266 e. The van der Waals surface area contributed by atoms with Crippen LogP contribution in [0.5, 0.6) is 0 Å². The van der Waals surface area contributed by atoms with E-state index in [0.717, 1.165) is 10.4 Å². The van der Waals surface area contributed by atoms with Crippen LogP contribution < -0.4 is 10.0 Å². The normalized spacial score (nSPS) is 11.2. The number of carbonyl (C=O) groups excluding carboxylic acids is 1. The molecule has 0 atom stereocenters. The molecule has 0 saturated carbocycles. The average Bonchev–Trinajstić information content (AvgIpc) is 2.48. The molecule has 1 amide bonds. The van der Waals surface area contributed by atoms with Gasteiger partial charge in [0.25, 0.3) is 10.0 Å². The number of benzene rings is 2. The van der Waals surface area contributed by atoms with Gasteiger partial charge in [0.1, 0.15) is 10.7 Å². The third kappa shape index (κ3) is 2.94. The molecular weight excluding hydrogens is 307 g/mol. The molecule has 0 aliphatic rings. The minimum absolute atomic E-state index is 0.260. The molecule has 0 aliphatic carbocycles. The van der Waals surface area contributed by atoms with E-state index < -0.39 is 26.6 Å². The van der Waals surface area contributed by atoms with Gasteiger partial charge >= 0.3 is 0 Å². The highest BCUT2D eigenvalue weighted by molar-refractivity contribution is 7.92. The van der Waals surface area contributed by atoms with E-state index in [2.05, 4.69) is 0 Å². The molecular formula is C15H15FN2O3S. The van der Waals surface area contributed by atoms with Gasteiger partial charge in [0.05, 0.1) is 5.69 Å². The quantitative estimate of drug-likeness (QED) is 0.935. The first-order chi connectivity index (χ1) is 10.2. The summed E-state index contributed by atoms with van der Waals surface area (Å²) in [4.78, 5) is 10.6. The Morgan fingerprint density at radius 1 is 1.14 bits per heavy atom. The zero-order chi connectivity index (χ0) is 16.5. The number of hydrogen-bond donors (Lipinski definition) is 1. The maximum absolute atomic E-state index is 13.8. The van der Waals surface area contributed by atoms with Crippen LogP contribution in [0, 0.1) is 12.7 Å². The van der Waals surface area contributed by atoms with Gasteiger partial charge in [-0.1, -0.05) is 6.07 Å². The predicted molar refractivity (Wildman–Crippen MR) is 81.7 cm³/mol. The third-order valence-electron chi connectivity index (χ3n) is 3.24. The molecule has 0 bridgehead atoms. The number of halogens is 1. The van der Waals surface area contributed by atoms with Gasteiger partial charge in [-0.3, -0.25) is 9.10 Å². The van der Waals surface area contributed by atoms with E-state index in [0.29, 0.717) is 11.3 Å². The van der Waals surface area contributed by atoms with Gasteiger partial charge in [0.2, 0.25) is 5.91 Å². The fourth-order valence-electron chi connectivity index (χ4n) is 1.93. The molecule has 0 fully saturated rings. The average molecular weight is 322 g/mol. The summed E-state index contributed by atoms with van der Waals surface area (Å²) in [7, 11) is -2.72. The van der Waals surface area contributed by atoms with E-state index in [9.17, 15) is 17.6 Å². The van der Waals surface area contributed by atoms with Gasteiger partial charge in [-0.25, -0.2) is 12.8 Å². The number of carbonyl (C=O) groups is 1. The van der Waals surface area contributed by atoms with Crippen LogP contribution in [0.1, 0.15) is 15.9 Å². The summed E-state index contributed by atoms with van der Waals surface area (Å²) >= 11 is 0. The highest BCUT2D eigenvalue weighted by Gasteiger charge is 2.25. The lowest BCUT2D eigenvalue weighted by Crippen LogP contribution is -2.27. The molecule has 0 saturated heterocycles. The summed E-state index contributed by atoms with van der Waals surface area (Å²) in [6, 6.07) is 9.59. The first kappa shape index (κ1) is 16.0. The highest BCUT2D eigenvalue weighted by atomic mass is 32.2. The van der Waals surface area contributed by atoms with Gasteiger partial charge in [0, 0.05) is 12.6 Å². The van der Waals surface area contributed by atoms with E-state index in [1.54, 1.807) is 6.92 Å². The van der Waals surface area contributed by atoms with E-state index in [1.165, 1.54) is 43.4 Å². The van der Waals surface area contributed by atoms with Gasteiger partial charge in [-0.05, 0) is 48.9 Å². The molecule has 0 aromatic heterocycles. The summed E-state index contributed by atoms with van der Waals surface area (Å²) in [6.07, 6.45) is 0. The Balaban J connectivity index is 2.44. The molecule has 0 spiro atoms. The van der Waals surface area contributed by atoms with Crippen molar-refractivity contribution in [2.45, 2.75) is 11.8 Å². The monoisotopic (exact) mass is 322 g/mol. The molecule has 0 aliphatic heterocycles. The number of nitrogens with zero attached hydrogens (tertiary/aromatic N) is 1. The lowest BCUT2D eigenvalue weighted by Gasteiger charge is -2.20. The van der Waals surface area contributed by atoms with Gasteiger partial charge in [-0.2, -0.15) is 0 Å². The van der Waals surface area contributed by atoms with Crippen molar-refractivity contribution in [1.29, 1.82) is 0 Å². The van der Waals surface area contributed by atoms with Crippen LogP contribution in [0.15, 0.2) is 47.4 Å². The molecule has 0 unspecified atom stereocenters. The molecule has 2 N–H and O–H groups in total. The maximum atomic E-state index is 13.8. The Labute approximate surface area is 128 Å². The summed E-state index contributed by atoms with van der Waals surface area (Å²) < 4.78 is 39.8. The molecule has 2 aromatic rings. The van der Waals surface area contributed by atoms with Crippen LogP contribution >= 0.6 is 0 Å². The van der Waals surface area contributed by atoms with Crippen molar-refractivity contribution in [2.75, 3.05) is 11.4 Å². The number of anilines is 1. The topological polar surface area (TPSA) is 80.5 Å². The first-order valence-corrected chi connectivity index (χ1v) is 7.82. The van der Waals surface area contributed by atoms with Crippen LogP contribution in [-0.2, 0) is 10.0 Å². The van der Waals surface area contributed by atoms with Crippen molar-refractivity contribution in [3.05, 3.63) is 59.4 Å². The Morgan fingerprint density at radius 3 is 2.27 bits per heavy atom. The fourth-order valence-corrected chi connectivity index (χ4v) is 3.27. The van der Waals surface area contributed by atoms with Gasteiger partial charge in [0.15, 0.2) is 0 Å². The Morgan fingerprint density at radius 2 is 1.73 bits per heavy atom. The standard InChI is InChI=1S/C15H15FN2O3S/c1-10-3-8-13(16)14(9-10)22(20,21)18(2)12-6-4-11(5-7-12)15(17)19/h3-9H,1-2H3,(H2,17,19). The molecule has 116 valence electrons. The smallest absolute Gasteiger partial charge is 0.266 e. The Kier molecular flexibility index (Phi) is 4.18. The highest BCUT2D eigenvalue weighted by Crippen LogP contribution is 2.25. The fraction of sp³-hybridized carbons (Fsp3) is 0.133. The molecule has 2 rings (SSSR count). The van der Waals surface area contributed by atoms with Gasteiger partial charge in [-0.15, -0.1) is 0 Å². The van der Waals surface area contributed by atoms with Crippen molar-refractivity contribution >= 4 is 21.6 Å². The van der Waals surface area contributed by atoms with E-state index >= 15 is 0 Å². The number of rotatable bonds is 4. The van der Waals surface area contributed by atoms with Crippen LogP contribution in [0.2, 0.25) is 0 Å². The predicted octanol–water partition coefficient (Wildman–Crippen LogP) is 2.06. The summed E-state index contributed by atoms with van der Waals surface area (Å²) in [5, 5.41) is 0. The number of aryl methyl sites for hydroxylation is 1. The van der Waals surface area contributed by atoms with Crippen molar-refractivity contribution in [1.82, 2.24) is 0 Å². The lowest BCUT2D eigenvalue weighted by atomic mass is 10.2. The van der Waals surface area contributed by atoms with Gasteiger partial charge < -0.3 is 5.73 Å². The number of amides is 1. The van der Waals surface area contributed by atoms with Crippen LogP contribution in [0.25, 0.3) is 0 Å². The van der Waals surface area contributed by atoms with Crippen molar-refractivity contribution in [2.24, 2.45) is 5.73 Å². The SMILES string of the molecule is Cc1ccc(F)c(S(=O)(=O)N(C)c2ccc(C(N)=O)cc2)c1. The zero-order valence-electron chi connectivity index (χ0n) is 12.1. The van der Waals surface area contributed by atoms with E-state index in [-0.39, 0.29) is 5.56 Å². The second kappa shape index (κ2) is 5.76. The summed E-state index contributed by atoms with van der Waals surface area (Å²) in [5.74, 6) is -1.42. The van der Waals surface area contributed by atoms with Crippen molar-refractivity contribution < 1.29 is 17.6 Å². The molecule has 7 heteroatoms. The largest absolute Gasteiger partial charge is 0.366 e. The number of sulfonamides is 1. The molecule has 22 heavy (non-hydrogen) atoms. The van der Waals surface area contributed by atoms with Crippen LogP contribution in [-0.4, -0.2) is 21.4 Å². The second-order valence-electron chi connectivity index (χ2n) is 4.82. The Bertz CT molecular complexity index is 817. The van der Waals surface area contributed by atoms with E-state index in [4.69, 9.17) is 5.73 Å². The van der Waals surface area contributed by atoms with E-state index in [1.807, 2.05) is 0 Å². The second-order valence-corrected chi connectivity index (χ2v) is 6.76. The number of primary amides is 1. The summed E-state index contributed by atoms with van der Waals surface area (Å²) in [6.45, 7) is 1.68. The Hall–Kier alpha value is -2.41. The van der Waals surface area contributed by atoms with Crippen molar-refractivity contribution in [3.8, 4) is 0 Å². The molecule has 0 radical (unpaired) electrons. The third-order valence-corrected chi connectivity index (χ3v) is 5.04. The van der Waals surface area contributed by atoms with Crippen LogP contribution in [0.4, 0.5) is 10.1 Å².